The third kappa shape index (κ3) is 5.91. The van der Waals surface area contributed by atoms with Gasteiger partial charge in [-0.15, -0.1) is 11.3 Å². The van der Waals surface area contributed by atoms with E-state index in [9.17, 15) is 14.7 Å². The van der Waals surface area contributed by atoms with Gasteiger partial charge in [0.2, 0.25) is 0 Å². The first-order chi connectivity index (χ1) is 14.4. The molecule has 0 unspecified atom stereocenters. The lowest BCUT2D eigenvalue weighted by molar-refractivity contribution is -0.142. The Kier molecular flexibility index (Phi) is 7.21. The van der Waals surface area contributed by atoms with E-state index >= 15 is 0 Å². The summed E-state index contributed by atoms with van der Waals surface area (Å²) in [5.74, 6) is -0.876. The van der Waals surface area contributed by atoms with Crippen LogP contribution >= 0.6 is 27.3 Å². The van der Waals surface area contributed by atoms with Crippen molar-refractivity contribution >= 4 is 50.4 Å². The Morgan fingerprint density at radius 1 is 1.27 bits per heavy atom. The molecular weight excluding hydrogens is 472 g/mol. The van der Waals surface area contributed by atoms with Crippen molar-refractivity contribution < 1.29 is 24.2 Å². The number of anilines is 1. The molecule has 1 heterocycles. The van der Waals surface area contributed by atoms with Crippen molar-refractivity contribution in [3.05, 3.63) is 64.0 Å². The van der Waals surface area contributed by atoms with Crippen LogP contribution in [0.4, 0.5) is 5.13 Å². The van der Waals surface area contributed by atoms with Crippen LogP contribution in [0.5, 0.6) is 11.5 Å². The summed E-state index contributed by atoms with van der Waals surface area (Å²) in [5, 5.41) is 14.4. The van der Waals surface area contributed by atoms with Gasteiger partial charge in [0.05, 0.1) is 12.8 Å². The van der Waals surface area contributed by atoms with E-state index in [2.05, 4.69) is 26.2 Å². The molecule has 0 spiro atoms. The number of nitrogens with zero attached hydrogens (tertiary/aromatic N) is 1. The first-order valence-corrected chi connectivity index (χ1v) is 10.3. The summed E-state index contributed by atoms with van der Waals surface area (Å²) < 4.78 is 10.9. The Balaban J connectivity index is 1.50. The summed E-state index contributed by atoms with van der Waals surface area (Å²) in [5.41, 5.74) is 2.29. The SMILES string of the molecule is COc1cc(C=CC(=O)OCC(=O)Nc2nc(-c3cccc(Br)c3)cs2)ccc1O. The fourth-order valence-corrected chi connectivity index (χ4v) is 3.55. The van der Waals surface area contributed by atoms with Crippen LogP contribution in [-0.4, -0.2) is 35.7 Å². The normalized spacial score (nSPS) is 10.7. The number of phenolic OH excluding ortho intramolecular Hbond substituents is 1. The summed E-state index contributed by atoms with van der Waals surface area (Å²) in [6.45, 7) is -0.437. The Labute approximate surface area is 185 Å². The number of carbonyl (C=O) groups is 2. The second-order valence-corrected chi connectivity index (χ2v) is 7.74. The lowest BCUT2D eigenvalue weighted by Crippen LogP contribution is -2.20. The van der Waals surface area contributed by atoms with E-state index in [1.807, 2.05) is 29.6 Å². The molecule has 30 heavy (non-hydrogen) atoms. The zero-order valence-corrected chi connectivity index (χ0v) is 18.2. The number of aromatic nitrogens is 1. The second-order valence-electron chi connectivity index (χ2n) is 5.97. The third-order valence-corrected chi connectivity index (χ3v) is 5.08. The number of rotatable bonds is 7. The number of ether oxygens (including phenoxy) is 2. The maximum absolute atomic E-state index is 12.0. The summed E-state index contributed by atoms with van der Waals surface area (Å²) in [4.78, 5) is 28.2. The zero-order chi connectivity index (χ0) is 21.5. The van der Waals surface area contributed by atoms with Crippen molar-refractivity contribution in [1.82, 2.24) is 4.98 Å². The molecule has 0 radical (unpaired) electrons. The number of thiazole rings is 1. The fourth-order valence-electron chi connectivity index (χ4n) is 2.41. The molecule has 0 aliphatic rings. The molecule has 1 aromatic heterocycles. The highest BCUT2D eigenvalue weighted by atomic mass is 79.9. The van der Waals surface area contributed by atoms with Gasteiger partial charge in [0.25, 0.3) is 5.91 Å². The number of hydrogen-bond donors (Lipinski definition) is 2. The van der Waals surface area contributed by atoms with Crippen LogP contribution in [0.2, 0.25) is 0 Å². The molecule has 3 aromatic rings. The molecule has 0 bridgehead atoms. The summed E-state index contributed by atoms with van der Waals surface area (Å²) in [7, 11) is 1.43. The summed E-state index contributed by atoms with van der Waals surface area (Å²) >= 11 is 4.69. The molecule has 3 rings (SSSR count). The van der Waals surface area contributed by atoms with Crippen LogP contribution < -0.4 is 10.1 Å². The van der Waals surface area contributed by atoms with Crippen LogP contribution in [-0.2, 0) is 14.3 Å². The Hall–Kier alpha value is -3.17. The monoisotopic (exact) mass is 488 g/mol. The van der Waals surface area contributed by atoms with Gasteiger partial charge in [-0.25, -0.2) is 9.78 Å². The van der Waals surface area contributed by atoms with Gasteiger partial charge in [0.1, 0.15) is 0 Å². The van der Waals surface area contributed by atoms with E-state index in [1.165, 1.54) is 36.7 Å². The standard InChI is InChI=1S/C21H17BrN2O5S/c1-28-18-9-13(5-7-17(18)25)6-8-20(27)29-11-19(26)24-21-23-16(12-30-21)14-3-2-4-15(22)10-14/h2-10,12,25H,11H2,1H3,(H,23,24,26). The first-order valence-electron chi connectivity index (χ1n) is 8.68. The van der Waals surface area contributed by atoms with Gasteiger partial charge < -0.3 is 14.6 Å². The van der Waals surface area contributed by atoms with Gasteiger partial charge in [-0.3, -0.25) is 10.1 Å². The van der Waals surface area contributed by atoms with Crippen molar-refractivity contribution in [2.75, 3.05) is 19.0 Å². The Bertz CT molecular complexity index is 1100. The predicted molar refractivity (Wildman–Crippen MR) is 119 cm³/mol. The number of hydrogen-bond acceptors (Lipinski definition) is 7. The van der Waals surface area contributed by atoms with E-state index in [4.69, 9.17) is 9.47 Å². The molecule has 154 valence electrons. The molecule has 0 saturated heterocycles. The smallest absolute Gasteiger partial charge is 0.331 e. The average molecular weight is 489 g/mol. The molecule has 0 aliphatic carbocycles. The van der Waals surface area contributed by atoms with E-state index in [-0.39, 0.29) is 11.5 Å². The number of amides is 1. The number of methoxy groups -OCH3 is 1. The highest BCUT2D eigenvalue weighted by Gasteiger charge is 2.10. The molecule has 0 atom stereocenters. The Morgan fingerprint density at radius 3 is 2.87 bits per heavy atom. The van der Waals surface area contributed by atoms with Gasteiger partial charge in [0, 0.05) is 21.5 Å². The molecule has 0 fully saturated rings. The second kappa shape index (κ2) is 10.0. The first kappa shape index (κ1) is 21.5. The molecule has 2 aromatic carbocycles. The number of carbonyl (C=O) groups excluding carboxylic acids is 2. The van der Waals surface area contributed by atoms with Gasteiger partial charge in [0.15, 0.2) is 23.2 Å². The predicted octanol–water partition coefficient (Wildman–Crippen LogP) is 4.48. The quantitative estimate of drug-likeness (QED) is 0.375. The third-order valence-electron chi connectivity index (χ3n) is 3.83. The van der Waals surface area contributed by atoms with Crippen molar-refractivity contribution in [3.63, 3.8) is 0 Å². The van der Waals surface area contributed by atoms with Crippen LogP contribution in [0.3, 0.4) is 0 Å². The Morgan fingerprint density at radius 2 is 2.10 bits per heavy atom. The lowest BCUT2D eigenvalue weighted by atomic mass is 10.2. The van der Waals surface area contributed by atoms with Crippen LogP contribution in [0.15, 0.2) is 58.4 Å². The van der Waals surface area contributed by atoms with Crippen molar-refractivity contribution in [1.29, 1.82) is 0 Å². The molecule has 9 heteroatoms. The van der Waals surface area contributed by atoms with Gasteiger partial charge >= 0.3 is 5.97 Å². The molecule has 0 saturated carbocycles. The molecule has 0 aliphatic heterocycles. The molecule has 7 nitrogen and oxygen atoms in total. The number of benzene rings is 2. The van der Waals surface area contributed by atoms with Gasteiger partial charge in [-0.05, 0) is 35.9 Å². The summed E-state index contributed by atoms with van der Waals surface area (Å²) in [6, 6.07) is 12.3. The molecule has 2 N–H and O–H groups in total. The minimum Gasteiger partial charge on any atom is -0.504 e. The minimum absolute atomic E-state index is 0.000796. The van der Waals surface area contributed by atoms with Crippen molar-refractivity contribution in [2.24, 2.45) is 0 Å². The van der Waals surface area contributed by atoms with E-state index in [0.29, 0.717) is 10.7 Å². The van der Waals surface area contributed by atoms with E-state index in [1.54, 1.807) is 12.1 Å². The number of halogens is 1. The van der Waals surface area contributed by atoms with Crippen LogP contribution in [0, 0.1) is 0 Å². The van der Waals surface area contributed by atoms with E-state index in [0.717, 1.165) is 15.7 Å². The topological polar surface area (TPSA) is 97.8 Å². The molecule has 1 amide bonds. The fraction of sp³-hybridized carbons (Fsp3) is 0.0952. The van der Waals surface area contributed by atoms with Crippen LogP contribution in [0.25, 0.3) is 17.3 Å². The number of aromatic hydroxyl groups is 1. The van der Waals surface area contributed by atoms with E-state index < -0.39 is 18.5 Å². The average Bonchev–Trinajstić information content (AvgIpc) is 3.20. The number of esters is 1. The van der Waals surface area contributed by atoms with Crippen LogP contribution in [0.1, 0.15) is 5.56 Å². The van der Waals surface area contributed by atoms with Crippen molar-refractivity contribution in [3.8, 4) is 22.8 Å². The van der Waals surface area contributed by atoms with Crippen molar-refractivity contribution in [2.45, 2.75) is 0 Å². The summed E-state index contributed by atoms with van der Waals surface area (Å²) in [6.07, 6.45) is 2.68. The highest BCUT2D eigenvalue weighted by Crippen LogP contribution is 2.27. The highest BCUT2D eigenvalue weighted by molar-refractivity contribution is 9.10. The number of nitrogens with one attached hydrogen (secondary N) is 1. The lowest BCUT2D eigenvalue weighted by Gasteiger charge is -2.04. The van der Waals surface area contributed by atoms with Gasteiger partial charge in [-0.2, -0.15) is 0 Å². The number of phenols is 1. The minimum atomic E-state index is -0.675. The maximum atomic E-state index is 12.0. The maximum Gasteiger partial charge on any atom is 0.331 e. The molecular formula is C21H17BrN2O5S. The largest absolute Gasteiger partial charge is 0.504 e. The zero-order valence-electron chi connectivity index (χ0n) is 15.8. The van der Waals surface area contributed by atoms with Gasteiger partial charge in [-0.1, -0.05) is 34.1 Å².